The summed E-state index contributed by atoms with van der Waals surface area (Å²) < 4.78 is 6.16. The summed E-state index contributed by atoms with van der Waals surface area (Å²) >= 11 is 3.44. The van der Waals surface area contributed by atoms with Crippen molar-refractivity contribution in [3.05, 3.63) is 58.6 Å². The number of ether oxygens (including phenoxy) is 1. The smallest absolute Gasteiger partial charge is 0.122 e. The number of benzene rings is 2. The van der Waals surface area contributed by atoms with E-state index in [0.717, 1.165) is 21.5 Å². The number of hydrogen-bond acceptors (Lipinski definition) is 3. The fraction of sp³-hybridized carbons (Fsp3) is 0.188. The predicted molar refractivity (Wildman–Crippen MR) is 84.0 cm³/mol. The molecule has 2 aromatic rings. The normalized spacial score (nSPS) is 11.4. The Morgan fingerprint density at radius 3 is 2.65 bits per heavy atom. The first-order valence-corrected chi connectivity index (χ1v) is 7.05. The lowest BCUT2D eigenvalue weighted by Crippen LogP contribution is -2.11. The molecule has 0 amide bonds. The molecule has 4 heteroatoms. The fourth-order valence-electron chi connectivity index (χ4n) is 1.93. The molecule has 0 bridgehead atoms. The van der Waals surface area contributed by atoms with E-state index in [1.54, 1.807) is 7.11 Å². The maximum absolute atomic E-state index is 9.29. The maximum atomic E-state index is 9.29. The van der Waals surface area contributed by atoms with Crippen LogP contribution in [0.3, 0.4) is 0 Å². The summed E-state index contributed by atoms with van der Waals surface area (Å²) in [6, 6.07) is 17.9. The number of nitrogens with zero attached hydrogens (tertiary/aromatic N) is 1. The van der Waals surface area contributed by atoms with E-state index in [9.17, 15) is 5.26 Å². The van der Waals surface area contributed by atoms with Crippen LogP contribution in [0.5, 0.6) is 5.75 Å². The number of nitrogens with one attached hydrogen (secondary N) is 1. The van der Waals surface area contributed by atoms with E-state index >= 15 is 0 Å². The second kappa shape index (κ2) is 6.97. The van der Waals surface area contributed by atoms with Crippen LogP contribution in [0.2, 0.25) is 0 Å². The van der Waals surface area contributed by atoms with Gasteiger partial charge in [-0.3, -0.25) is 0 Å². The topological polar surface area (TPSA) is 45.0 Å². The highest BCUT2D eigenvalue weighted by Gasteiger charge is 2.10. The van der Waals surface area contributed by atoms with E-state index in [4.69, 9.17) is 4.74 Å². The summed E-state index contributed by atoms with van der Waals surface area (Å²) in [4.78, 5) is 0. The van der Waals surface area contributed by atoms with Crippen molar-refractivity contribution in [2.24, 2.45) is 0 Å². The average molecular weight is 331 g/mol. The number of rotatable bonds is 5. The molecule has 2 aromatic carbocycles. The maximum Gasteiger partial charge on any atom is 0.122 e. The summed E-state index contributed by atoms with van der Waals surface area (Å²) in [6.07, 6.45) is 0. The molecular weight excluding hydrogens is 316 g/mol. The van der Waals surface area contributed by atoms with Crippen molar-refractivity contribution in [2.45, 2.75) is 5.92 Å². The van der Waals surface area contributed by atoms with Crippen LogP contribution in [0, 0.1) is 11.3 Å². The van der Waals surface area contributed by atoms with E-state index in [0.29, 0.717) is 6.54 Å². The van der Waals surface area contributed by atoms with Crippen molar-refractivity contribution in [2.75, 3.05) is 19.0 Å². The molecule has 0 saturated carbocycles. The predicted octanol–water partition coefficient (Wildman–Crippen LogP) is 4.18. The lowest BCUT2D eigenvalue weighted by Gasteiger charge is -2.13. The van der Waals surface area contributed by atoms with Crippen LogP contribution in [0.4, 0.5) is 5.69 Å². The molecule has 0 radical (unpaired) electrons. The first-order valence-electron chi connectivity index (χ1n) is 6.26. The second-order valence-electron chi connectivity index (χ2n) is 4.35. The Morgan fingerprint density at radius 2 is 2.00 bits per heavy atom. The molecule has 0 aliphatic carbocycles. The first-order chi connectivity index (χ1) is 9.72. The molecule has 20 heavy (non-hydrogen) atoms. The van der Waals surface area contributed by atoms with E-state index in [2.05, 4.69) is 27.3 Å². The summed E-state index contributed by atoms with van der Waals surface area (Å²) in [6.45, 7) is 0.556. The van der Waals surface area contributed by atoms with Gasteiger partial charge in [0.25, 0.3) is 0 Å². The van der Waals surface area contributed by atoms with Gasteiger partial charge < -0.3 is 10.1 Å². The van der Waals surface area contributed by atoms with Crippen LogP contribution >= 0.6 is 15.9 Å². The summed E-state index contributed by atoms with van der Waals surface area (Å²) in [5.41, 5.74) is 1.94. The fourth-order valence-corrected chi connectivity index (χ4v) is 2.40. The molecule has 0 spiro atoms. The van der Waals surface area contributed by atoms with Gasteiger partial charge >= 0.3 is 0 Å². The van der Waals surface area contributed by atoms with E-state index in [1.807, 2.05) is 48.5 Å². The molecule has 3 nitrogen and oxygen atoms in total. The minimum atomic E-state index is -0.179. The largest absolute Gasteiger partial charge is 0.497 e. The first kappa shape index (κ1) is 14.4. The summed E-state index contributed by atoms with van der Waals surface area (Å²) in [5, 5.41) is 12.6. The van der Waals surface area contributed by atoms with Crippen molar-refractivity contribution < 1.29 is 4.74 Å². The summed E-state index contributed by atoms with van der Waals surface area (Å²) in [7, 11) is 1.63. The molecule has 1 N–H and O–H groups in total. The van der Waals surface area contributed by atoms with Crippen molar-refractivity contribution in [1.29, 1.82) is 5.26 Å². The van der Waals surface area contributed by atoms with E-state index < -0.39 is 0 Å². The number of hydrogen-bond donors (Lipinski definition) is 1. The molecule has 0 saturated heterocycles. The minimum absolute atomic E-state index is 0.179. The van der Waals surface area contributed by atoms with Gasteiger partial charge in [-0.1, -0.05) is 46.3 Å². The van der Waals surface area contributed by atoms with Gasteiger partial charge in [0, 0.05) is 22.8 Å². The highest BCUT2D eigenvalue weighted by molar-refractivity contribution is 9.10. The monoisotopic (exact) mass is 330 g/mol. The van der Waals surface area contributed by atoms with Crippen LogP contribution in [0.1, 0.15) is 11.5 Å². The molecule has 1 unspecified atom stereocenters. The molecule has 0 aromatic heterocycles. The van der Waals surface area contributed by atoms with Crippen LogP contribution < -0.4 is 10.1 Å². The van der Waals surface area contributed by atoms with E-state index in [-0.39, 0.29) is 5.92 Å². The van der Waals surface area contributed by atoms with Gasteiger partial charge in [0.15, 0.2) is 0 Å². The van der Waals surface area contributed by atoms with Gasteiger partial charge in [-0.05, 0) is 17.7 Å². The lowest BCUT2D eigenvalue weighted by atomic mass is 10.0. The molecule has 0 fully saturated rings. The molecule has 0 aliphatic rings. The molecule has 0 aliphatic heterocycles. The lowest BCUT2D eigenvalue weighted by molar-refractivity contribution is 0.414. The highest BCUT2D eigenvalue weighted by Crippen LogP contribution is 2.25. The zero-order valence-corrected chi connectivity index (χ0v) is 12.7. The van der Waals surface area contributed by atoms with Crippen molar-refractivity contribution in [3.63, 3.8) is 0 Å². The zero-order chi connectivity index (χ0) is 14.4. The van der Waals surface area contributed by atoms with Gasteiger partial charge in [-0.15, -0.1) is 0 Å². The Hall–Kier alpha value is -1.99. The minimum Gasteiger partial charge on any atom is -0.497 e. The third kappa shape index (κ3) is 3.75. The Labute approximate surface area is 127 Å². The third-order valence-electron chi connectivity index (χ3n) is 2.98. The molecular formula is C16H15BrN2O. The number of halogens is 1. The standard InChI is InChI=1S/C16H15BrN2O/c1-20-16-8-14(17)7-15(9-16)19-11-13(10-18)12-5-3-2-4-6-12/h2-9,13,19H,11H2,1H3. The second-order valence-corrected chi connectivity index (χ2v) is 5.27. The van der Waals surface area contributed by atoms with Crippen LogP contribution in [0.25, 0.3) is 0 Å². The zero-order valence-electron chi connectivity index (χ0n) is 11.1. The Bertz CT molecular complexity index is 608. The van der Waals surface area contributed by atoms with Gasteiger partial charge in [0.05, 0.1) is 19.1 Å². The van der Waals surface area contributed by atoms with Crippen LogP contribution in [0.15, 0.2) is 53.0 Å². The number of nitriles is 1. The highest BCUT2D eigenvalue weighted by atomic mass is 79.9. The SMILES string of the molecule is COc1cc(Br)cc(NCC(C#N)c2ccccc2)c1. The van der Waals surface area contributed by atoms with Gasteiger partial charge in [-0.25, -0.2) is 0 Å². The van der Waals surface area contributed by atoms with Crippen molar-refractivity contribution >= 4 is 21.6 Å². The molecule has 102 valence electrons. The molecule has 2 rings (SSSR count). The van der Waals surface area contributed by atoms with E-state index in [1.165, 1.54) is 0 Å². The molecule has 1 atom stereocenters. The average Bonchev–Trinajstić information content (AvgIpc) is 2.48. The molecule has 0 heterocycles. The van der Waals surface area contributed by atoms with Crippen molar-refractivity contribution in [3.8, 4) is 11.8 Å². The Kier molecular flexibility index (Phi) is 5.03. The Morgan fingerprint density at radius 1 is 1.25 bits per heavy atom. The third-order valence-corrected chi connectivity index (χ3v) is 3.43. The van der Waals surface area contributed by atoms with Crippen molar-refractivity contribution in [1.82, 2.24) is 0 Å². The Balaban J connectivity index is 2.08. The van der Waals surface area contributed by atoms with Crippen LogP contribution in [-0.2, 0) is 0 Å². The van der Waals surface area contributed by atoms with Gasteiger partial charge in [-0.2, -0.15) is 5.26 Å². The van der Waals surface area contributed by atoms with Gasteiger partial charge in [0.1, 0.15) is 5.75 Å². The quantitative estimate of drug-likeness (QED) is 0.894. The van der Waals surface area contributed by atoms with Gasteiger partial charge in [0.2, 0.25) is 0 Å². The van der Waals surface area contributed by atoms with Crippen LogP contribution in [-0.4, -0.2) is 13.7 Å². The summed E-state index contributed by atoms with van der Waals surface area (Å²) in [5.74, 6) is 0.594. The number of anilines is 1. The number of methoxy groups -OCH3 is 1.